The monoisotopic (exact) mass is 429 g/mol. The van der Waals surface area contributed by atoms with E-state index in [4.69, 9.17) is 0 Å². The van der Waals surface area contributed by atoms with Gasteiger partial charge in [-0.1, -0.05) is 28.9 Å². The summed E-state index contributed by atoms with van der Waals surface area (Å²) in [6.07, 6.45) is 3.15. The number of benzene rings is 1. The third-order valence-corrected chi connectivity index (χ3v) is 4.30. The average molecular weight is 430 g/mol. The Labute approximate surface area is 134 Å². The number of aryl methyl sites for hydroxylation is 1. The Balaban J connectivity index is 2.18. The maximum atomic E-state index is 12.3. The second-order valence-corrected chi connectivity index (χ2v) is 6.31. The van der Waals surface area contributed by atoms with E-state index in [1.54, 1.807) is 0 Å². The van der Waals surface area contributed by atoms with E-state index in [2.05, 4.69) is 50.4 Å². The summed E-state index contributed by atoms with van der Waals surface area (Å²) in [6, 6.07) is 9.70. The number of rotatable bonds is 4. The normalized spacial score (nSPS) is 10.5. The van der Waals surface area contributed by atoms with Crippen LogP contribution in [0, 0.1) is 3.57 Å². The number of nitrogens with zero attached hydrogens (tertiary/aromatic N) is 1. The second-order valence-electron chi connectivity index (χ2n) is 4.24. The maximum absolute atomic E-state index is 12.3. The first-order valence-corrected chi connectivity index (χ1v) is 7.89. The summed E-state index contributed by atoms with van der Waals surface area (Å²) in [5.74, 6) is 0.0995. The molecular formula is C15H13BrINO. The molecule has 0 aliphatic carbocycles. The van der Waals surface area contributed by atoms with Crippen LogP contribution in [-0.4, -0.2) is 10.8 Å². The third kappa shape index (κ3) is 3.86. The van der Waals surface area contributed by atoms with Crippen molar-refractivity contribution in [3.05, 3.63) is 61.4 Å². The fraction of sp³-hybridized carbons (Fsp3) is 0.200. The number of carbonyl (C=O) groups excluding carboxylic acids is 1. The number of carbonyl (C=O) groups is 1. The van der Waals surface area contributed by atoms with Gasteiger partial charge in [0.05, 0.1) is 6.42 Å². The molecule has 0 N–H and O–H groups in total. The second kappa shape index (κ2) is 6.61. The smallest absolute Gasteiger partial charge is 0.169 e. The van der Waals surface area contributed by atoms with Gasteiger partial charge in [0.1, 0.15) is 0 Å². The highest BCUT2D eigenvalue weighted by molar-refractivity contribution is 14.1. The van der Waals surface area contributed by atoms with Crippen molar-refractivity contribution in [1.82, 2.24) is 4.98 Å². The summed E-state index contributed by atoms with van der Waals surface area (Å²) in [6.45, 7) is 2.09. The number of hydrogen-bond donors (Lipinski definition) is 0. The van der Waals surface area contributed by atoms with Crippen LogP contribution in [0.3, 0.4) is 0 Å². The van der Waals surface area contributed by atoms with E-state index in [0.717, 1.165) is 25.7 Å². The van der Waals surface area contributed by atoms with E-state index < -0.39 is 0 Å². The summed E-state index contributed by atoms with van der Waals surface area (Å²) in [7, 11) is 0. The zero-order valence-corrected chi connectivity index (χ0v) is 14.2. The highest BCUT2D eigenvalue weighted by Crippen LogP contribution is 2.20. The molecule has 2 nitrogen and oxygen atoms in total. The quantitative estimate of drug-likeness (QED) is 0.531. The SMILES string of the molecule is CCc1ccc(CC(=O)c2cc(Br)ccc2I)nc1. The zero-order valence-electron chi connectivity index (χ0n) is 10.5. The van der Waals surface area contributed by atoms with Crippen molar-refractivity contribution in [2.45, 2.75) is 19.8 Å². The molecule has 0 spiro atoms. The van der Waals surface area contributed by atoms with E-state index in [9.17, 15) is 4.79 Å². The summed E-state index contributed by atoms with van der Waals surface area (Å²) in [4.78, 5) is 16.6. The molecule has 0 saturated heterocycles. The molecule has 4 heteroatoms. The molecule has 0 unspecified atom stereocenters. The number of hydrogen-bond acceptors (Lipinski definition) is 2. The molecule has 98 valence electrons. The summed E-state index contributed by atoms with van der Waals surface area (Å²) >= 11 is 5.58. The molecule has 0 radical (unpaired) electrons. The van der Waals surface area contributed by atoms with Crippen LogP contribution in [-0.2, 0) is 12.8 Å². The molecule has 0 aliphatic rings. The van der Waals surface area contributed by atoms with Gasteiger partial charge >= 0.3 is 0 Å². The predicted molar refractivity (Wildman–Crippen MR) is 88.5 cm³/mol. The molecule has 0 bridgehead atoms. The van der Waals surface area contributed by atoms with Crippen LogP contribution in [0.5, 0.6) is 0 Å². The molecule has 1 heterocycles. The van der Waals surface area contributed by atoms with Gasteiger partial charge in [0.15, 0.2) is 5.78 Å². The molecule has 0 fully saturated rings. The van der Waals surface area contributed by atoms with Crippen LogP contribution in [0.15, 0.2) is 41.0 Å². The third-order valence-electron chi connectivity index (χ3n) is 2.86. The Kier molecular flexibility index (Phi) is 5.10. The number of aromatic nitrogens is 1. The number of pyridine rings is 1. The number of Topliss-reactive ketones (excluding diaryl/α,β-unsaturated/α-hetero) is 1. The lowest BCUT2D eigenvalue weighted by Crippen LogP contribution is -2.07. The Morgan fingerprint density at radius 2 is 2.11 bits per heavy atom. The molecule has 0 saturated carbocycles. The molecule has 19 heavy (non-hydrogen) atoms. The topological polar surface area (TPSA) is 30.0 Å². The van der Waals surface area contributed by atoms with Crippen molar-refractivity contribution in [3.63, 3.8) is 0 Å². The van der Waals surface area contributed by atoms with Gasteiger partial charge in [0.2, 0.25) is 0 Å². The lowest BCUT2D eigenvalue weighted by molar-refractivity contribution is 0.0991. The van der Waals surface area contributed by atoms with Gasteiger partial charge < -0.3 is 0 Å². The minimum absolute atomic E-state index is 0.0995. The molecule has 0 atom stereocenters. The van der Waals surface area contributed by atoms with Crippen LogP contribution in [0.1, 0.15) is 28.5 Å². The Hall–Kier alpha value is -0.750. The fourth-order valence-corrected chi connectivity index (χ4v) is 2.74. The van der Waals surface area contributed by atoms with Crippen molar-refractivity contribution < 1.29 is 4.79 Å². The minimum Gasteiger partial charge on any atom is -0.294 e. The van der Waals surface area contributed by atoms with E-state index in [1.807, 2.05) is 36.5 Å². The van der Waals surface area contributed by atoms with Crippen molar-refractivity contribution in [1.29, 1.82) is 0 Å². The van der Waals surface area contributed by atoms with E-state index in [-0.39, 0.29) is 5.78 Å². The standard InChI is InChI=1S/C15H13BrINO/c1-2-10-3-5-12(18-9-10)8-15(19)13-7-11(16)4-6-14(13)17/h3-7,9H,2,8H2,1H3. The Morgan fingerprint density at radius 1 is 1.32 bits per heavy atom. The van der Waals surface area contributed by atoms with Gasteiger partial charge in [-0.15, -0.1) is 0 Å². The van der Waals surface area contributed by atoms with Crippen LogP contribution >= 0.6 is 38.5 Å². The van der Waals surface area contributed by atoms with Crippen LogP contribution in [0.4, 0.5) is 0 Å². The van der Waals surface area contributed by atoms with Crippen LogP contribution < -0.4 is 0 Å². The van der Waals surface area contributed by atoms with E-state index >= 15 is 0 Å². The first kappa shape index (κ1) is 14.7. The van der Waals surface area contributed by atoms with Gasteiger partial charge in [-0.05, 0) is 58.8 Å². The summed E-state index contributed by atoms with van der Waals surface area (Å²) in [5.41, 5.74) is 2.75. The van der Waals surface area contributed by atoms with Crippen molar-refractivity contribution in [2.75, 3.05) is 0 Å². The molecular weight excluding hydrogens is 417 g/mol. The van der Waals surface area contributed by atoms with Crippen LogP contribution in [0.25, 0.3) is 0 Å². The fourth-order valence-electron chi connectivity index (χ4n) is 1.74. The number of halogens is 2. The molecule has 0 aliphatic heterocycles. The zero-order chi connectivity index (χ0) is 13.8. The summed E-state index contributed by atoms with van der Waals surface area (Å²) < 4.78 is 1.89. The number of ketones is 1. The molecule has 2 aromatic rings. The molecule has 1 aromatic heterocycles. The van der Waals surface area contributed by atoms with Gasteiger partial charge in [-0.25, -0.2) is 0 Å². The van der Waals surface area contributed by atoms with Gasteiger partial charge in [-0.2, -0.15) is 0 Å². The first-order valence-electron chi connectivity index (χ1n) is 6.02. The Bertz CT molecular complexity index is 596. The summed E-state index contributed by atoms with van der Waals surface area (Å²) in [5, 5.41) is 0. The largest absolute Gasteiger partial charge is 0.294 e. The van der Waals surface area contributed by atoms with Crippen LogP contribution in [0.2, 0.25) is 0 Å². The lowest BCUT2D eigenvalue weighted by atomic mass is 10.1. The highest BCUT2D eigenvalue weighted by Gasteiger charge is 2.12. The van der Waals surface area contributed by atoms with Crippen molar-refractivity contribution in [3.8, 4) is 0 Å². The van der Waals surface area contributed by atoms with Crippen molar-refractivity contribution in [2.24, 2.45) is 0 Å². The van der Waals surface area contributed by atoms with Gasteiger partial charge in [0, 0.05) is 25.5 Å². The van der Waals surface area contributed by atoms with Crippen molar-refractivity contribution >= 4 is 44.3 Å². The first-order chi connectivity index (χ1) is 9.10. The molecule has 2 rings (SSSR count). The van der Waals surface area contributed by atoms with Gasteiger partial charge in [0.25, 0.3) is 0 Å². The molecule has 0 amide bonds. The Morgan fingerprint density at radius 3 is 2.74 bits per heavy atom. The molecule has 1 aromatic carbocycles. The van der Waals surface area contributed by atoms with Gasteiger partial charge in [-0.3, -0.25) is 9.78 Å². The van der Waals surface area contributed by atoms with E-state index in [0.29, 0.717) is 6.42 Å². The maximum Gasteiger partial charge on any atom is 0.169 e. The predicted octanol–water partition coefficient (Wildman–Crippen LogP) is 4.44. The highest BCUT2D eigenvalue weighted by atomic mass is 127. The lowest BCUT2D eigenvalue weighted by Gasteiger charge is -2.05. The average Bonchev–Trinajstić information content (AvgIpc) is 2.42. The van der Waals surface area contributed by atoms with E-state index in [1.165, 1.54) is 5.56 Å². The minimum atomic E-state index is 0.0995.